The molecule has 174 valence electrons. The quantitative estimate of drug-likeness (QED) is 0.448. The van der Waals surface area contributed by atoms with E-state index in [4.69, 9.17) is 0 Å². The average molecular weight is 480 g/mol. The fourth-order valence-corrected chi connectivity index (χ4v) is 4.41. The summed E-state index contributed by atoms with van der Waals surface area (Å²) in [5.41, 5.74) is 4.75. The first kappa shape index (κ1) is 23.3. The van der Waals surface area contributed by atoms with Gasteiger partial charge in [-0.2, -0.15) is 0 Å². The van der Waals surface area contributed by atoms with Crippen LogP contribution in [-0.4, -0.2) is 34.7 Å². The summed E-state index contributed by atoms with van der Waals surface area (Å²) >= 11 is 1.36. The third kappa shape index (κ3) is 4.74. The van der Waals surface area contributed by atoms with Crippen molar-refractivity contribution in [3.05, 3.63) is 87.4 Å². The van der Waals surface area contributed by atoms with Gasteiger partial charge in [0.15, 0.2) is 0 Å². The fraction of sp³-hybridized carbons (Fsp3) is 0.200. The van der Waals surface area contributed by atoms with Gasteiger partial charge in [0, 0.05) is 10.4 Å². The number of hydrogen-bond acceptors (Lipinski definition) is 5. The van der Waals surface area contributed by atoms with E-state index in [1.807, 2.05) is 25.3 Å². The van der Waals surface area contributed by atoms with Crippen molar-refractivity contribution in [2.24, 2.45) is 0 Å². The smallest absolute Gasteiger partial charge is 0.269 e. The van der Waals surface area contributed by atoms with Gasteiger partial charge in [0.1, 0.15) is 11.9 Å². The van der Waals surface area contributed by atoms with E-state index in [0.717, 1.165) is 32.0 Å². The molecule has 2 heterocycles. The molecule has 1 N–H and O–H groups in total. The monoisotopic (exact) mass is 479 g/mol. The summed E-state index contributed by atoms with van der Waals surface area (Å²) in [7, 11) is 0. The second-order valence-electron chi connectivity index (χ2n) is 8.03. The topological polar surface area (TPSA) is 86.8 Å². The summed E-state index contributed by atoms with van der Waals surface area (Å²) < 4.78 is 13.6. The lowest BCUT2D eigenvalue weighted by molar-refractivity contribution is -0.140. The van der Waals surface area contributed by atoms with Crippen molar-refractivity contribution in [1.29, 1.82) is 0 Å². The average Bonchev–Trinajstić information content (AvgIpc) is 3.41. The van der Waals surface area contributed by atoms with Crippen LogP contribution in [0.15, 0.2) is 60.0 Å². The van der Waals surface area contributed by atoms with Crippen LogP contribution >= 0.6 is 11.3 Å². The van der Waals surface area contributed by atoms with E-state index >= 15 is 0 Å². The molecule has 0 saturated carbocycles. The molecule has 0 spiro atoms. The van der Waals surface area contributed by atoms with Crippen molar-refractivity contribution in [3.63, 3.8) is 0 Å². The molecule has 1 fully saturated rings. The number of benzene rings is 2. The van der Waals surface area contributed by atoms with Crippen molar-refractivity contribution in [3.8, 4) is 0 Å². The zero-order chi connectivity index (χ0) is 24.4. The first-order chi connectivity index (χ1) is 16.2. The maximum atomic E-state index is 13.6. The summed E-state index contributed by atoms with van der Waals surface area (Å²) in [5.74, 6) is -3.03. The highest BCUT2D eigenvalue weighted by molar-refractivity contribution is 7.10. The number of thiophene rings is 1. The number of carbonyl (C=O) groups is 4. The number of carbonyl (C=O) groups excluding carboxylic acids is 4. The van der Waals surface area contributed by atoms with Crippen LogP contribution in [0, 0.1) is 19.7 Å². The second-order valence-corrected chi connectivity index (χ2v) is 9.06. The molecular formula is C25H22FN3O4S. The van der Waals surface area contributed by atoms with Crippen LogP contribution in [0.4, 0.5) is 10.1 Å². The molecule has 1 aliphatic rings. The van der Waals surface area contributed by atoms with E-state index < -0.39 is 35.5 Å². The number of amides is 4. The molecule has 0 radical (unpaired) electrons. The van der Waals surface area contributed by atoms with E-state index in [2.05, 4.69) is 5.43 Å². The summed E-state index contributed by atoms with van der Waals surface area (Å²) in [6.07, 6.45) is -0.353. The maximum Gasteiger partial charge on any atom is 0.269 e. The van der Waals surface area contributed by atoms with Crippen molar-refractivity contribution in [2.75, 3.05) is 4.90 Å². The van der Waals surface area contributed by atoms with Crippen molar-refractivity contribution in [2.45, 2.75) is 32.7 Å². The molecule has 0 aliphatic carbocycles. The Morgan fingerprint density at radius 1 is 1.09 bits per heavy atom. The molecule has 34 heavy (non-hydrogen) atoms. The molecule has 7 nitrogen and oxygen atoms in total. The van der Waals surface area contributed by atoms with Gasteiger partial charge in [0.25, 0.3) is 11.8 Å². The molecule has 0 bridgehead atoms. The van der Waals surface area contributed by atoms with Crippen LogP contribution in [0.5, 0.6) is 0 Å². The van der Waals surface area contributed by atoms with Gasteiger partial charge in [-0.1, -0.05) is 18.2 Å². The number of hydrogen-bond donors (Lipinski definition) is 1. The number of aryl methyl sites for hydroxylation is 2. The predicted molar refractivity (Wildman–Crippen MR) is 126 cm³/mol. The largest absolute Gasteiger partial charge is 0.274 e. The number of rotatable bonds is 5. The zero-order valence-electron chi connectivity index (χ0n) is 18.6. The lowest BCUT2D eigenvalue weighted by Crippen LogP contribution is -2.55. The number of imide groups is 1. The molecule has 1 unspecified atom stereocenters. The van der Waals surface area contributed by atoms with Crippen LogP contribution in [-0.2, 0) is 20.8 Å². The van der Waals surface area contributed by atoms with Gasteiger partial charge < -0.3 is 0 Å². The van der Waals surface area contributed by atoms with Gasteiger partial charge in [-0.15, -0.1) is 11.3 Å². The van der Waals surface area contributed by atoms with Gasteiger partial charge >= 0.3 is 0 Å². The highest BCUT2D eigenvalue weighted by Gasteiger charge is 2.45. The predicted octanol–water partition coefficient (Wildman–Crippen LogP) is 3.55. The Bertz CT molecular complexity index is 1270. The van der Waals surface area contributed by atoms with E-state index in [1.54, 1.807) is 24.3 Å². The third-order valence-corrected chi connectivity index (χ3v) is 6.54. The van der Waals surface area contributed by atoms with Crippen LogP contribution < -0.4 is 10.3 Å². The van der Waals surface area contributed by atoms with Crippen LogP contribution in [0.25, 0.3) is 0 Å². The van der Waals surface area contributed by atoms with Gasteiger partial charge in [-0.3, -0.25) is 24.6 Å². The summed E-state index contributed by atoms with van der Waals surface area (Å²) in [4.78, 5) is 54.0. The molecule has 4 rings (SSSR count). The number of halogens is 1. The number of nitrogens with zero attached hydrogens (tertiary/aromatic N) is 2. The molecular weight excluding hydrogens is 457 g/mol. The molecule has 1 aromatic heterocycles. The van der Waals surface area contributed by atoms with E-state index in [1.165, 1.54) is 29.5 Å². The fourth-order valence-electron chi connectivity index (χ4n) is 3.72. The Kier molecular flexibility index (Phi) is 6.56. The minimum atomic E-state index is -1.22. The SMILES string of the molecule is Cc1ccc(N2C(=O)CC(N(NC(=O)c3cccc(F)c3)C(=O)Cc3cccs3)C2=O)cc1C. The van der Waals surface area contributed by atoms with E-state index in [0.29, 0.717) is 5.69 Å². The van der Waals surface area contributed by atoms with Crippen LogP contribution in [0.3, 0.4) is 0 Å². The Balaban J connectivity index is 1.64. The van der Waals surface area contributed by atoms with Crippen molar-refractivity contribution in [1.82, 2.24) is 10.4 Å². The normalized spacial score (nSPS) is 15.5. The maximum absolute atomic E-state index is 13.6. The van der Waals surface area contributed by atoms with E-state index in [-0.39, 0.29) is 18.4 Å². The Morgan fingerprint density at radius 3 is 2.56 bits per heavy atom. The Hall–Kier alpha value is -3.85. The molecule has 1 saturated heterocycles. The van der Waals surface area contributed by atoms with Gasteiger partial charge in [0.05, 0.1) is 18.5 Å². The molecule has 4 amide bonds. The number of anilines is 1. The highest BCUT2D eigenvalue weighted by atomic mass is 32.1. The molecule has 2 aromatic carbocycles. The zero-order valence-corrected chi connectivity index (χ0v) is 19.4. The van der Waals surface area contributed by atoms with Gasteiger partial charge in [-0.25, -0.2) is 14.3 Å². The van der Waals surface area contributed by atoms with Gasteiger partial charge in [-0.05, 0) is 66.8 Å². The molecule has 9 heteroatoms. The van der Waals surface area contributed by atoms with Crippen molar-refractivity contribution >= 4 is 40.7 Å². The second kappa shape index (κ2) is 9.56. The first-order valence-electron chi connectivity index (χ1n) is 10.6. The first-order valence-corrected chi connectivity index (χ1v) is 11.5. The summed E-state index contributed by atoms with van der Waals surface area (Å²) in [6, 6.07) is 12.5. The number of hydrazine groups is 1. The number of nitrogens with one attached hydrogen (secondary N) is 1. The molecule has 1 atom stereocenters. The minimum Gasteiger partial charge on any atom is -0.274 e. The summed E-state index contributed by atoms with van der Waals surface area (Å²) in [5, 5.41) is 2.72. The highest BCUT2D eigenvalue weighted by Crippen LogP contribution is 2.27. The Morgan fingerprint density at radius 2 is 1.88 bits per heavy atom. The molecule has 3 aromatic rings. The lowest BCUT2D eigenvalue weighted by Gasteiger charge is -2.28. The minimum absolute atomic E-state index is 0.0169. The lowest BCUT2D eigenvalue weighted by atomic mass is 10.1. The van der Waals surface area contributed by atoms with Crippen LogP contribution in [0.1, 0.15) is 32.8 Å². The third-order valence-electron chi connectivity index (χ3n) is 5.67. The van der Waals surface area contributed by atoms with Crippen LogP contribution in [0.2, 0.25) is 0 Å². The Labute approximate surface area is 199 Å². The molecule has 1 aliphatic heterocycles. The van der Waals surface area contributed by atoms with Crippen molar-refractivity contribution < 1.29 is 23.6 Å². The van der Waals surface area contributed by atoms with Gasteiger partial charge in [0.2, 0.25) is 11.8 Å². The standard InChI is InChI=1S/C25H22FN3O4S/c1-15-8-9-19(11-16(15)2)28-22(30)14-21(25(28)33)29(23(31)13-20-7-4-10-34-20)27-24(32)17-5-3-6-18(26)12-17/h3-12,21H,13-14H2,1-2H3,(H,27,32). The van der Waals surface area contributed by atoms with E-state index in [9.17, 15) is 23.6 Å². The summed E-state index contributed by atoms with van der Waals surface area (Å²) in [6.45, 7) is 3.79.